The monoisotopic (exact) mass is 323 g/mol. The molecule has 2 aliphatic heterocycles. The molecule has 0 bridgehead atoms. The Labute approximate surface area is 142 Å². The number of hydrogen-bond donors (Lipinski definition) is 0. The van der Waals surface area contributed by atoms with Crippen molar-refractivity contribution in [2.75, 3.05) is 31.2 Å². The van der Waals surface area contributed by atoms with Gasteiger partial charge < -0.3 is 14.4 Å². The van der Waals surface area contributed by atoms with Crippen molar-refractivity contribution in [3.8, 4) is 11.5 Å². The lowest BCUT2D eigenvalue weighted by molar-refractivity contribution is 0.0983. The van der Waals surface area contributed by atoms with Crippen molar-refractivity contribution in [2.24, 2.45) is 0 Å². The van der Waals surface area contributed by atoms with Crippen LogP contribution in [0.15, 0.2) is 42.5 Å². The van der Waals surface area contributed by atoms with Crippen molar-refractivity contribution in [1.29, 1.82) is 0 Å². The summed E-state index contributed by atoms with van der Waals surface area (Å²) in [6, 6.07) is 14.0. The van der Waals surface area contributed by atoms with Crippen molar-refractivity contribution in [1.82, 2.24) is 0 Å². The maximum Gasteiger partial charge on any atom is 0.164 e. The van der Waals surface area contributed by atoms with Crippen LogP contribution in [0.4, 0.5) is 5.69 Å². The SMILES string of the molecule is O=C(CCN1CCCc2ccccc21)c1ccc2c(c1)OCCO2. The zero-order valence-corrected chi connectivity index (χ0v) is 13.7. The molecular formula is C20H21NO3. The average Bonchev–Trinajstić information content (AvgIpc) is 2.65. The van der Waals surface area contributed by atoms with Crippen LogP contribution in [0.5, 0.6) is 11.5 Å². The maximum atomic E-state index is 12.6. The van der Waals surface area contributed by atoms with Gasteiger partial charge in [0.05, 0.1) is 0 Å². The summed E-state index contributed by atoms with van der Waals surface area (Å²) in [5, 5.41) is 0. The molecule has 2 aromatic rings. The number of nitrogens with zero attached hydrogens (tertiary/aromatic N) is 1. The van der Waals surface area contributed by atoms with E-state index in [1.807, 2.05) is 12.1 Å². The van der Waals surface area contributed by atoms with Gasteiger partial charge in [0.2, 0.25) is 0 Å². The number of hydrogen-bond acceptors (Lipinski definition) is 4. The second-order valence-electron chi connectivity index (χ2n) is 6.25. The van der Waals surface area contributed by atoms with Crippen LogP contribution in [0.25, 0.3) is 0 Å². The molecule has 0 radical (unpaired) electrons. The van der Waals surface area contributed by atoms with E-state index >= 15 is 0 Å². The number of benzene rings is 2. The van der Waals surface area contributed by atoms with E-state index in [1.165, 1.54) is 11.3 Å². The first-order valence-electron chi connectivity index (χ1n) is 8.57. The van der Waals surface area contributed by atoms with Gasteiger partial charge in [-0.05, 0) is 42.7 Å². The largest absolute Gasteiger partial charge is 0.486 e. The van der Waals surface area contributed by atoms with E-state index in [1.54, 1.807) is 6.07 Å². The highest BCUT2D eigenvalue weighted by Crippen LogP contribution is 2.31. The van der Waals surface area contributed by atoms with Crippen molar-refractivity contribution in [3.05, 3.63) is 53.6 Å². The maximum absolute atomic E-state index is 12.6. The number of rotatable bonds is 4. The third-order valence-corrected chi connectivity index (χ3v) is 4.68. The van der Waals surface area contributed by atoms with E-state index in [9.17, 15) is 4.79 Å². The average molecular weight is 323 g/mol. The number of aryl methyl sites for hydroxylation is 1. The van der Waals surface area contributed by atoms with E-state index in [4.69, 9.17) is 9.47 Å². The van der Waals surface area contributed by atoms with E-state index in [0.29, 0.717) is 30.9 Å². The van der Waals surface area contributed by atoms with E-state index in [0.717, 1.165) is 31.7 Å². The number of para-hydroxylation sites is 1. The fourth-order valence-corrected chi connectivity index (χ4v) is 3.44. The van der Waals surface area contributed by atoms with Crippen LogP contribution in [0.2, 0.25) is 0 Å². The summed E-state index contributed by atoms with van der Waals surface area (Å²) >= 11 is 0. The fourth-order valence-electron chi connectivity index (χ4n) is 3.44. The summed E-state index contributed by atoms with van der Waals surface area (Å²) in [5.74, 6) is 1.55. The minimum atomic E-state index is 0.148. The molecule has 0 N–H and O–H groups in total. The Morgan fingerprint density at radius 3 is 2.79 bits per heavy atom. The van der Waals surface area contributed by atoms with Crippen LogP contribution >= 0.6 is 0 Å². The third-order valence-electron chi connectivity index (χ3n) is 4.68. The fraction of sp³-hybridized carbons (Fsp3) is 0.350. The molecule has 2 aliphatic rings. The van der Waals surface area contributed by atoms with E-state index < -0.39 is 0 Å². The molecule has 24 heavy (non-hydrogen) atoms. The molecule has 0 amide bonds. The summed E-state index contributed by atoms with van der Waals surface area (Å²) in [4.78, 5) is 14.9. The highest BCUT2D eigenvalue weighted by atomic mass is 16.6. The molecule has 124 valence electrons. The number of ketones is 1. The van der Waals surface area contributed by atoms with Crippen molar-refractivity contribution in [2.45, 2.75) is 19.3 Å². The predicted molar refractivity (Wildman–Crippen MR) is 93.4 cm³/mol. The standard InChI is InChI=1S/C20H21NO3/c22-18(16-7-8-19-20(14-16)24-13-12-23-19)9-11-21-10-3-5-15-4-1-2-6-17(15)21/h1-2,4,6-8,14H,3,5,9-13H2. The normalized spacial score (nSPS) is 15.8. The Balaban J connectivity index is 1.44. The van der Waals surface area contributed by atoms with Crippen LogP contribution in [0.3, 0.4) is 0 Å². The number of anilines is 1. The van der Waals surface area contributed by atoms with E-state index in [2.05, 4.69) is 29.2 Å². The first-order valence-corrected chi connectivity index (χ1v) is 8.57. The molecule has 0 spiro atoms. The van der Waals surface area contributed by atoms with Crippen LogP contribution in [-0.2, 0) is 6.42 Å². The summed E-state index contributed by atoms with van der Waals surface area (Å²) in [5.41, 5.74) is 3.36. The predicted octanol–water partition coefficient (Wildman–Crippen LogP) is 3.48. The minimum absolute atomic E-state index is 0.148. The molecule has 4 heteroatoms. The molecule has 2 aromatic carbocycles. The number of ether oxygens (including phenoxy) is 2. The smallest absolute Gasteiger partial charge is 0.164 e. The van der Waals surface area contributed by atoms with Gasteiger partial charge in [-0.25, -0.2) is 0 Å². The summed E-state index contributed by atoms with van der Waals surface area (Å²) in [6.07, 6.45) is 2.78. The molecule has 0 aromatic heterocycles. The Hall–Kier alpha value is -2.49. The van der Waals surface area contributed by atoms with Gasteiger partial charge in [-0.15, -0.1) is 0 Å². The van der Waals surface area contributed by atoms with Gasteiger partial charge >= 0.3 is 0 Å². The topological polar surface area (TPSA) is 38.8 Å². The summed E-state index contributed by atoms with van der Waals surface area (Å²) < 4.78 is 11.1. The van der Waals surface area contributed by atoms with Gasteiger partial charge in [0.25, 0.3) is 0 Å². The molecule has 0 saturated carbocycles. The summed E-state index contributed by atoms with van der Waals surface area (Å²) in [7, 11) is 0. The van der Waals surface area contributed by atoms with Gasteiger partial charge in [0, 0.05) is 30.8 Å². The highest BCUT2D eigenvalue weighted by molar-refractivity contribution is 5.97. The number of carbonyl (C=O) groups excluding carboxylic acids is 1. The van der Waals surface area contributed by atoms with Gasteiger partial charge in [-0.3, -0.25) is 4.79 Å². The van der Waals surface area contributed by atoms with Crippen molar-refractivity contribution < 1.29 is 14.3 Å². The highest BCUT2D eigenvalue weighted by Gasteiger charge is 2.19. The number of fused-ring (bicyclic) bond motifs is 2. The molecule has 0 atom stereocenters. The molecule has 4 nitrogen and oxygen atoms in total. The molecule has 0 saturated heterocycles. The Morgan fingerprint density at radius 2 is 1.88 bits per heavy atom. The van der Waals surface area contributed by atoms with Crippen LogP contribution in [0, 0.1) is 0 Å². The molecule has 0 unspecified atom stereocenters. The Kier molecular flexibility index (Phi) is 4.11. The van der Waals surface area contributed by atoms with Crippen molar-refractivity contribution >= 4 is 11.5 Å². The second kappa shape index (κ2) is 6.56. The van der Waals surface area contributed by atoms with Crippen LogP contribution < -0.4 is 14.4 Å². The van der Waals surface area contributed by atoms with Gasteiger partial charge in [-0.1, -0.05) is 18.2 Å². The van der Waals surface area contributed by atoms with Gasteiger partial charge in [0.1, 0.15) is 13.2 Å². The first-order chi connectivity index (χ1) is 11.8. The third kappa shape index (κ3) is 2.96. The van der Waals surface area contributed by atoms with Gasteiger partial charge in [0.15, 0.2) is 17.3 Å². The lowest BCUT2D eigenvalue weighted by atomic mass is 10.0. The number of carbonyl (C=O) groups is 1. The molecular weight excluding hydrogens is 302 g/mol. The zero-order chi connectivity index (χ0) is 16.4. The second-order valence-corrected chi connectivity index (χ2v) is 6.25. The van der Waals surface area contributed by atoms with Crippen LogP contribution in [0.1, 0.15) is 28.8 Å². The molecule has 0 fully saturated rings. The lowest BCUT2D eigenvalue weighted by Gasteiger charge is -2.31. The molecule has 2 heterocycles. The first kappa shape index (κ1) is 15.1. The molecule has 4 rings (SSSR count). The minimum Gasteiger partial charge on any atom is -0.486 e. The molecule has 0 aliphatic carbocycles. The van der Waals surface area contributed by atoms with Gasteiger partial charge in [-0.2, -0.15) is 0 Å². The zero-order valence-electron chi connectivity index (χ0n) is 13.7. The quantitative estimate of drug-likeness (QED) is 0.808. The Bertz CT molecular complexity index is 756. The number of Topliss-reactive ketones (excluding diaryl/α,β-unsaturated/α-hetero) is 1. The summed E-state index contributed by atoms with van der Waals surface area (Å²) in [6.45, 7) is 2.87. The van der Waals surface area contributed by atoms with Crippen molar-refractivity contribution in [3.63, 3.8) is 0 Å². The lowest BCUT2D eigenvalue weighted by Crippen LogP contribution is -2.31. The van der Waals surface area contributed by atoms with Crippen LogP contribution in [-0.4, -0.2) is 32.1 Å². The van der Waals surface area contributed by atoms with E-state index in [-0.39, 0.29) is 5.78 Å². The Morgan fingerprint density at radius 1 is 1.04 bits per heavy atom.